The van der Waals surface area contributed by atoms with E-state index in [2.05, 4.69) is 0 Å². The number of hydrogen-bond acceptors (Lipinski definition) is 4. The molecule has 2 rings (SSSR count). The predicted octanol–water partition coefficient (Wildman–Crippen LogP) is 0.139. The van der Waals surface area contributed by atoms with Crippen LogP contribution < -0.4 is 16.4 Å². The maximum Gasteiger partial charge on any atom is 0.244 e. The van der Waals surface area contributed by atoms with E-state index in [1.807, 2.05) is 24.0 Å². The lowest BCUT2D eigenvalue weighted by atomic mass is 10.2. The van der Waals surface area contributed by atoms with Crippen LogP contribution in [0.5, 0.6) is 0 Å². The number of hydrogen-bond donors (Lipinski definition) is 2. The summed E-state index contributed by atoms with van der Waals surface area (Å²) in [7, 11) is 0. The van der Waals surface area contributed by atoms with Gasteiger partial charge in [0.15, 0.2) is 0 Å². The topological polar surface area (TPSA) is 92.7 Å². The molecule has 0 saturated carbocycles. The second-order valence-electron chi connectivity index (χ2n) is 4.62. The third-order valence-electron chi connectivity index (χ3n) is 3.32. The number of carbonyl (C=O) groups is 2. The second-order valence-corrected chi connectivity index (χ2v) is 4.62. The number of benzene rings is 1. The Morgan fingerprint density at radius 2 is 2.00 bits per heavy atom. The molecule has 0 radical (unpaired) electrons. The van der Waals surface area contributed by atoms with Crippen LogP contribution in [0, 0.1) is 0 Å². The van der Waals surface area contributed by atoms with Crippen molar-refractivity contribution < 1.29 is 9.59 Å². The Balaban J connectivity index is 2.15. The van der Waals surface area contributed by atoms with Crippen molar-refractivity contribution in [1.29, 1.82) is 0 Å². The second kappa shape index (κ2) is 5.17. The molecule has 1 atom stereocenters. The molecular weight excluding hydrogens is 244 g/mol. The summed E-state index contributed by atoms with van der Waals surface area (Å²) < 4.78 is 0. The average molecular weight is 262 g/mol. The van der Waals surface area contributed by atoms with Crippen molar-refractivity contribution in [3.05, 3.63) is 24.3 Å². The fourth-order valence-corrected chi connectivity index (χ4v) is 2.27. The lowest BCUT2D eigenvalue weighted by Gasteiger charge is -2.25. The highest BCUT2D eigenvalue weighted by molar-refractivity contribution is 5.91. The Kier molecular flexibility index (Phi) is 3.59. The minimum atomic E-state index is -0.536. The van der Waals surface area contributed by atoms with E-state index < -0.39 is 11.9 Å². The van der Waals surface area contributed by atoms with Crippen LogP contribution in [0.3, 0.4) is 0 Å². The number of nitrogens with two attached hydrogens (primary N) is 2. The highest BCUT2D eigenvalue weighted by atomic mass is 16.2. The fraction of sp³-hybridized carbons (Fsp3) is 0.385. The fourth-order valence-electron chi connectivity index (χ4n) is 2.27. The van der Waals surface area contributed by atoms with Crippen molar-refractivity contribution in [3.8, 4) is 0 Å². The molecule has 6 heteroatoms. The van der Waals surface area contributed by atoms with Crippen LogP contribution in [-0.4, -0.2) is 36.0 Å². The summed E-state index contributed by atoms with van der Waals surface area (Å²) in [5, 5.41) is 0. The standard InChI is InChI=1S/C13H18N4O2/c1-2-11(13(15)19)17-8-16(7-12(17)18)10-5-3-9(14)4-6-10/h3-6,11H,2,7-8,14H2,1H3,(H2,15,19). The van der Waals surface area contributed by atoms with Crippen molar-refractivity contribution >= 4 is 23.2 Å². The molecule has 1 fully saturated rings. The number of rotatable bonds is 4. The zero-order valence-corrected chi connectivity index (χ0v) is 10.9. The van der Waals surface area contributed by atoms with E-state index in [0.29, 0.717) is 18.8 Å². The summed E-state index contributed by atoms with van der Waals surface area (Å²) in [6.45, 7) is 2.48. The smallest absolute Gasteiger partial charge is 0.244 e. The van der Waals surface area contributed by atoms with Crippen LogP contribution in [-0.2, 0) is 9.59 Å². The predicted molar refractivity (Wildman–Crippen MR) is 73.2 cm³/mol. The van der Waals surface area contributed by atoms with Crippen molar-refractivity contribution in [2.45, 2.75) is 19.4 Å². The van der Waals surface area contributed by atoms with Gasteiger partial charge in [0, 0.05) is 11.4 Å². The average Bonchev–Trinajstić information content (AvgIpc) is 2.73. The van der Waals surface area contributed by atoms with Gasteiger partial charge < -0.3 is 21.3 Å². The molecule has 1 aromatic carbocycles. The van der Waals surface area contributed by atoms with Gasteiger partial charge in [0.2, 0.25) is 11.8 Å². The molecule has 1 aromatic rings. The summed E-state index contributed by atoms with van der Waals surface area (Å²) in [5.74, 6) is -0.544. The summed E-state index contributed by atoms with van der Waals surface area (Å²) in [5.41, 5.74) is 12.5. The van der Waals surface area contributed by atoms with Gasteiger partial charge in [-0.25, -0.2) is 0 Å². The Labute approximate surface area is 112 Å². The molecule has 102 valence electrons. The molecule has 6 nitrogen and oxygen atoms in total. The van der Waals surface area contributed by atoms with Crippen molar-refractivity contribution in [2.24, 2.45) is 5.73 Å². The van der Waals surface area contributed by atoms with E-state index in [1.54, 1.807) is 12.1 Å². The van der Waals surface area contributed by atoms with Gasteiger partial charge in [-0.15, -0.1) is 0 Å². The van der Waals surface area contributed by atoms with E-state index >= 15 is 0 Å². The Morgan fingerprint density at radius 3 is 2.53 bits per heavy atom. The molecule has 1 saturated heterocycles. The highest BCUT2D eigenvalue weighted by Crippen LogP contribution is 2.22. The SMILES string of the molecule is CCC(C(N)=O)N1CN(c2ccc(N)cc2)CC1=O. The monoisotopic (exact) mass is 262 g/mol. The molecule has 1 aliphatic heterocycles. The Hall–Kier alpha value is -2.24. The number of primary amides is 1. The molecule has 19 heavy (non-hydrogen) atoms. The van der Waals surface area contributed by atoms with Crippen molar-refractivity contribution in [1.82, 2.24) is 4.90 Å². The van der Waals surface area contributed by atoms with Crippen LogP contribution in [0.2, 0.25) is 0 Å². The van der Waals surface area contributed by atoms with Crippen LogP contribution in [0.1, 0.15) is 13.3 Å². The molecule has 2 amide bonds. The molecule has 1 heterocycles. The van der Waals surface area contributed by atoms with Gasteiger partial charge in [-0.3, -0.25) is 9.59 Å². The summed E-state index contributed by atoms with van der Waals surface area (Å²) in [6.07, 6.45) is 0.524. The van der Waals surface area contributed by atoms with E-state index in [1.165, 1.54) is 4.90 Å². The third-order valence-corrected chi connectivity index (χ3v) is 3.32. The molecule has 0 aromatic heterocycles. The number of nitrogens with zero attached hydrogens (tertiary/aromatic N) is 2. The normalized spacial score (nSPS) is 16.8. The minimum Gasteiger partial charge on any atom is -0.399 e. The molecular formula is C13H18N4O2. The van der Waals surface area contributed by atoms with Crippen LogP contribution in [0.15, 0.2) is 24.3 Å². The molecule has 0 aliphatic carbocycles. The van der Waals surface area contributed by atoms with E-state index in [-0.39, 0.29) is 12.5 Å². The number of amides is 2. The van der Waals surface area contributed by atoms with Gasteiger partial charge in [0.05, 0.1) is 13.2 Å². The zero-order chi connectivity index (χ0) is 14.0. The van der Waals surface area contributed by atoms with E-state index in [0.717, 1.165) is 5.69 Å². The Morgan fingerprint density at radius 1 is 1.37 bits per heavy atom. The third kappa shape index (κ3) is 2.62. The lowest BCUT2D eigenvalue weighted by molar-refractivity contribution is -0.135. The van der Waals surface area contributed by atoms with Crippen molar-refractivity contribution in [2.75, 3.05) is 23.8 Å². The van der Waals surface area contributed by atoms with Crippen LogP contribution in [0.25, 0.3) is 0 Å². The summed E-state index contributed by atoms with van der Waals surface area (Å²) in [6, 6.07) is 6.75. The summed E-state index contributed by atoms with van der Waals surface area (Å²) in [4.78, 5) is 26.7. The largest absolute Gasteiger partial charge is 0.399 e. The molecule has 4 N–H and O–H groups in total. The van der Waals surface area contributed by atoms with Gasteiger partial charge in [-0.2, -0.15) is 0 Å². The first-order valence-electron chi connectivity index (χ1n) is 6.22. The van der Waals surface area contributed by atoms with E-state index in [9.17, 15) is 9.59 Å². The van der Waals surface area contributed by atoms with Crippen molar-refractivity contribution in [3.63, 3.8) is 0 Å². The zero-order valence-electron chi connectivity index (χ0n) is 10.9. The first-order chi connectivity index (χ1) is 9.02. The van der Waals surface area contributed by atoms with Crippen LogP contribution >= 0.6 is 0 Å². The van der Waals surface area contributed by atoms with Crippen LogP contribution in [0.4, 0.5) is 11.4 Å². The molecule has 0 bridgehead atoms. The Bertz CT molecular complexity index is 486. The highest BCUT2D eigenvalue weighted by Gasteiger charge is 2.34. The molecule has 1 unspecified atom stereocenters. The van der Waals surface area contributed by atoms with Gasteiger partial charge in [0.25, 0.3) is 0 Å². The number of anilines is 2. The maximum atomic E-state index is 12.0. The van der Waals surface area contributed by atoms with Gasteiger partial charge in [-0.1, -0.05) is 6.92 Å². The molecule has 1 aliphatic rings. The number of nitrogen functional groups attached to an aromatic ring is 1. The first-order valence-corrected chi connectivity index (χ1v) is 6.22. The quantitative estimate of drug-likeness (QED) is 0.755. The van der Waals surface area contributed by atoms with Gasteiger partial charge >= 0.3 is 0 Å². The minimum absolute atomic E-state index is 0.0810. The van der Waals surface area contributed by atoms with Gasteiger partial charge in [0.1, 0.15) is 6.04 Å². The first kappa shape index (κ1) is 13.2. The summed E-state index contributed by atoms with van der Waals surface area (Å²) >= 11 is 0. The number of carbonyl (C=O) groups excluding carboxylic acids is 2. The van der Waals surface area contributed by atoms with Gasteiger partial charge in [-0.05, 0) is 30.7 Å². The maximum absolute atomic E-state index is 12.0. The van der Waals surface area contributed by atoms with E-state index in [4.69, 9.17) is 11.5 Å². The molecule has 0 spiro atoms. The lowest BCUT2D eigenvalue weighted by Crippen LogP contribution is -2.45.